The zero-order valence-corrected chi connectivity index (χ0v) is 9.65. The molecule has 0 radical (unpaired) electrons. The van der Waals surface area contributed by atoms with Gasteiger partial charge in [-0.15, -0.1) is 0 Å². The number of esters is 1. The first-order valence-corrected chi connectivity index (χ1v) is 5.63. The molecule has 1 aromatic carbocycles. The summed E-state index contributed by atoms with van der Waals surface area (Å²) >= 11 is 0. The van der Waals surface area contributed by atoms with Crippen molar-refractivity contribution >= 4 is 5.97 Å². The van der Waals surface area contributed by atoms with E-state index in [2.05, 4.69) is 0 Å². The molecule has 5 heteroatoms. The van der Waals surface area contributed by atoms with Crippen molar-refractivity contribution < 1.29 is 19.4 Å². The predicted octanol–water partition coefficient (Wildman–Crippen LogP) is 0.424. The van der Waals surface area contributed by atoms with Crippen LogP contribution >= 0.6 is 0 Å². The topological polar surface area (TPSA) is 79.5 Å². The second-order valence-electron chi connectivity index (χ2n) is 4.06. The molecule has 0 aliphatic carbocycles. The van der Waals surface area contributed by atoms with Crippen LogP contribution in [-0.4, -0.2) is 36.0 Å². The van der Waals surface area contributed by atoms with E-state index in [0.717, 1.165) is 5.56 Å². The van der Waals surface area contributed by atoms with Crippen molar-refractivity contribution in [2.24, 2.45) is 0 Å². The van der Waals surface area contributed by atoms with E-state index < -0.39 is 24.3 Å². The Bertz CT molecular complexity index is 454. The van der Waals surface area contributed by atoms with Gasteiger partial charge in [0.1, 0.15) is 6.10 Å². The van der Waals surface area contributed by atoms with Crippen LogP contribution in [0.1, 0.15) is 5.56 Å². The number of benzene rings is 1. The van der Waals surface area contributed by atoms with E-state index in [1.54, 1.807) is 6.07 Å². The lowest BCUT2D eigenvalue weighted by atomic mass is 10.1. The van der Waals surface area contributed by atoms with Crippen molar-refractivity contribution in [2.75, 3.05) is 6.61 Å². The average Bonchev–Trinajstić information content (AvgIpc) is 2.71. The van der Waals surface area contributed by atoms with E-state index in [1.807, 2.05) is 30.3 Å². The Morgan fingerprint density at radius 2 is 2.22 bits per heavy atom. The van der Waals surface area contributed by atoms with Crippen molar-refractivity contribution in [3.8, 4) is 6.07 Å². The summed E-state index contributed by atoms with van der Waals surface area (Å²) in [6.45, 7) is 0.0555. The van der Waals surface area contributed by atoms with Crippen LogP contribution < -0.4 is 0 Å². The van der Waals surface area contributed by atoms with E-state index in [9.17, 15) is 9.90 Å². The van der Waals surface area contributed by atoms with Crippen LogP contribution in [0.15, 0.2) is 30.3 Å². The van der Waals surface area contributed by atoms with Crippen LogP contribution in [0.2, 0.25) is 0 Å². The van der Waals surface area contributed by atoms with Crippen LogP contribution in [0.4, 0.5) is 0 Å². The number of carbonyl (C=O) groups excluding carboxylic acids is 1. The molecule has 0 bridgehead atoms. The van der Waals surface area contributed by atoms with Gasteiger partial charge in [0.15, 0.2) is 12.2 Å². The molecule has 1 heterocycles. The first kappa shape index (κ1) is 12.6. The largest absolute Gasteiger partial charge is 0.457 e. The van der Waals surface area contributed by atoms with E-state index in [1.165, 1.54) is 0 Å². The molecule has 2 rings (SSSR count). The summed E-state index contributed by atoms with van der Waals surface area (Å²) in [7, 11) is 0. The maximum atomic E-state index is 11.6. The zero-order chi connectivity index (χ0) is 13.0. The smallest absolute Gasteiger partial charge is 0.310 e. The minimum absolute atomic E-state index is 0.0555. The summed E-state index contributed by atoms with van der Waals surface area (Å²) in [6, 6.07) is 11.0. The van der Waals surface area contributed by atoms with Crippen molar-refractivity contribution in [1.29, 1.82) is 5.26 Å². The highest BCUT2D eigenvalue weighted by Gasteiger charge is 2.38. The molecule has 0 aromatic heterocycles. The molecule has 18 heavy (non-hydrogen) atoms. The lowest BCUT2D eigenvalue weighted by Gasteiger charge is -2.14. The van der Waals surface area contributed by atoms with Crippen LogP contribution in [0.3, 0.4) is 0 Å². The highest BCUT2D eigenvalue weighted by atomic mass is 16.6. The molecular formula is C13H13NO4. The Morgan fingerprint density at radius 1 is 1.50 bits per heavy atom. The summed E-state index contributed by atoms with van der Waals surface area (Å²) < 4.78 is 10.1. The fourth-order valence-electron chi connectivity index (χ4n) is 1.78. The summed E-state index contributed by atoms with van der Waals surface area (Å²) in [4.78, 5) is 11.6. The van der Waals surface area contributed by atoms with Gasteiger partial charge in [0.05, 0.1) is 19.1 Å². The molecule has 1 N–H and O–H groups in total. The monoisotopic (exact) mass is 247 g/mol. The van der Waals surface area contributed by atoms with Gasteiger partial charge in [-0.2, -0.15) is 5.26 Å². The molecule has 1 aromatic rings. The van der Waals surface area contributed by atoms with Crippen molar-refractivity contribution in [3.63, 3.8) is 0 Å². The van der Waals surface area contributed by atoms with Crippen LogP contribution in [0, 0.1) is 11.3 Å². The van der Waals surface area contributed by atoms with Gasteiger partial charge in [0.2, 0.25) is 0 Å². The van der Waals surface area contributed by atoms with E-state index in [0.29, 0.717) is 0 Å². The predicted molar refractivity (Wildman–Crippen MR) is 61.4 cm³/mol. The lowest BCUT2D eigenvalue weighted by Crippen LogP contribution is -2.33. The number of hydrogen-bond acceptors (Lipinski definition) is 5. The number of aliphatic hydroxyl groups is 1. The molecule has 1 fully saturated rings. The van der Waals surface area contributed by atoms with Gasteiger partial charge in [0, 0.05) is 0 Å². The van der Waals surface area contributed by atoms with E-state index >= 15 is 0 Å². The normalized spacial score (nSPS) is 26.6. The number of aliphatic hydroxyl groups excluding tert-OH is 1. The Balaban J connectivity index is 1.88. The minimum atomic E-state index is -1.07. The van der Waals surface area contributed by atoms with Crippen molar-refractivity contribution in [3.05, 3.63) is 35.9 Å². The first-order valence-electron chi connectivity index (χ1n) is 5.63. The minimum Gasteiger partial charge on any atom is -0.457 e. The fraction of sp³-hybridized carbons (Fsp3) is 0.385. The Kier molecular flexibility index (Phi) is 3.92. The third-order valence-electron chi connectivity index (χ3n) is 2.73. The highest BCUT2D eigenvalue weighted by molar-refractivity contribution is 5.72. The third kappa shape index (κ3) is 2.86. The summed E-state index contributed by atoms with van der Waals surface area (Å²) in [6.07, 6.45) is -2.61. The van der Waals surface area contributed by atoms with E-state index in [4.69, 9.17) is 14.7 Å². The average molecular weight is 247 g/mol. The fourth-order valence-corrected chi connectivity index (χ4v) is 1.78. The molecule has 5 nitrogen and oxygen atoms in total. The second-order valence-corrected chi connectivity index (χ2v) is 4.06. The molecule has 3 atom stereocenters. The molecule has 0 spiro atoms. The zero-order valence-electron chi connectivity index (χ0n) is 9.65. The lowest BCUT2D eigenvalue weighted by molar-refractivity contribution is -0.151. The highest BCUT2D eigenvalue weighted by Crippen LogP contribution is 2.17. The van der Waals surface area contributed by atoms with Gasteiger partial charge in [-0.3, -0.25) is 4.79 Å². The molecule has 1 saturated heterocycles. The quantitative estimate of drug-likeness (QED) is 0.783. The summed E-state index contributed by atoms with van der Waals surface area (Å²) in [5, 5.41) is 18.3. The van der Waals surface area contributed by atoms with Gasteiger partial charge in [0.25, 0.3) is 0 Å². The van der Waals surface area contributed by atoms with Crippen LogP contribution in [-0.2, 0) is 20.7 Å². The number of nitrogens with zero attached hydrogens (tertiary/aromatic N) is 1. The molecule has 1 aliphatic heterocycles. The standard InChI is InChI=1S/C13H13NO4/c14-7-10-13(16)11(8-17-10)18-12(15)6-9-4-2-1-3-5-9/h1-5,10-11,13,16H,6,8H2/t10?,11-,13?/m1/s1. The Morgan fingerprint density at radius 3 is 2.83 bits per heavy atom. The number of hydrogen-bond donors (Lipinski definition) is 1. The molecule has 2 unspecified atom stereocenters. The van der Waals surface area contributed by atoms with E-state index in [-0.39, 0.29) is 13.0 Å². The molecule has 0 amide bonds. The van der Waals surface area contributed by atoms with Crippen LogP contribution in [0.5, 0.6) is 0 Å². The SMILES string of the molecule is N#CC1OC[C@@H](OC(=O)Cc2ccccc2)C1O. The molecular weight excluding hydrogens is 234 g/mol. The van der Waals surface area contributed by atoms with Crippen molar-refractivity contribution in [2.45, 2.75) is 24.7 Å². The number of nitriles is 1. The third-order valence-corrected chi connectivity index (χ3v) is 2.73. The maximum Gasteiger partial charge on any atom is 0.310 e. The Labute approximate surface area is 105 Å². The summed E-state index contributed by atoms with van der Waals surface area (Å²) in [5.74, 6) is -0.438. The number of ether oxygens (including phenoxy) is 2. The van der Waals surface area contributed by atoms with Gasteiger partial charge in [-0.05, 0) is 5.56 Å². The van der Waals surface area contributed by atoms with Crippen LogP contribution in [0.25, 0.3) is 0 Å². The molecule has 1 aliphatic rings. The first-order chi connectivity index (χ1) is 8.70. The number of carbonyl (C=O) groups is 1. The Hall–Kier alpha value is -1.90. The maximum absolute atomic E-state index is 11.6. The van der Waals surface area contributed by atoms with Gasteiger partial charge in [-0.25, -0.2) is 0 Å². The summed E-state index contributed by atoms with van der Waals surface area (Å²) in [5.41, 5.74) is 0.840. The van der Waals surface area contributed by atoms with Gasteiger partial charge in [-0.1, -0.05) is 30.3 Å². The van der Waals surface area contributed by atoms with Gasteiger partial charge < -0.3 is 14.6 Å². The van der Waals surface area contributed by atoms with Crippen molar-refractivity contribution in [1.82, 2.24) is 0 Å². The molecule has 0 saturated carbocycles. The van der Waals surface area contributed by atoms with Gasteiger partial charge >= 0.3 is 5.97 Å². The second kappa shape index (κ2) is 5.63. The number of rotatable bonds is 3. The molecule has 94 valence electrons.